The highest BCUT2D eigenvalue weighted by atomic mass is 35.5. The Labute approximate surface area is 222 Å². The highest BCUT2D eigenvalue weighted by Gasteiger charge is 2.27. The van der Waals surface area contributed by atoms with Crippen LogP contribution in [0.4, 0.5) is 28.8 Å². The number of nitrogens with zero attached hydrogens (tertiary/aromatic N) is 5. The highest BCUT2D eigenvalue weighted by Crippen LogP contribution is 2.34. The Morgan fingerprint density at radius 1 is 1.05 bits per heavy atom. The smallest absolute Gasteiger partial charge is 0.256 e. The zero-order valence-electron chi connectivity index (χ0n) is 21.6. The lowest BCUT2D eigenvalue weighted by Gasteiger charge is -2.38. The lowest BCUT2D eigenvalue weighted by Crippen LogP contribution is -2.48. The first-order valence-electron chi connectivity index (χ1n) is 12.4. The summed E-state index contributed by atoms with van der Waals surface area (Å²) in [4.78, 5) is 28.1. The molecule has 5 rings (SSSR count). The number of methoxy groups -OCH3 is 1. The van der Waals surface area contributed by atoms with Gasteiger partial charge in [0.2, 0.25) is 5.95 Å². The molecule has 2 N–H and O–H groups in total. The summed E-state index contributed by atoms with van der Waals surface area (Å²) in [5.74, 6) is 1.44. The van der Waals surface area contributed by atoms with Crippen LogP contribution < -0.4 is 20.3 Å². The number of rotatable bonds is 7. The lowest BCUT2D eigenvalue weighted by atomic mass is 10.1. The van der Waals surface area contributed by atoms with E-state index in [4.69, 9.17) is 16.3 Å². The van der Waals surface area contributed by atoms with Gasteiger partial charge in [0.15, 0.2) is 5.82 Å². The topological polar surface area (TPSA) is 85.9 Å². The third kappa shape index (κ3) is 5.14. The van der Waals surface area contributed by atoms with Gasteiger partial charge >= 0.3 is 0 Å². The number of ether oxygens (including phenoxy) is 1. The molecule has 1 fully saturated rings. The summed E-state index contributed by atoms with van der Waals surface area (Å²) in [6.45, 7) is 9.10. The minimum absolute atomic E-state index is 0.0305. The van der Waals surface area contributed by atoms with E-state index >= 15 is 0 Å². The van der Waals surface area contributed by atoms with Gasteiger partial charge in [-0.1, -0.05) is 23.7 Å². The molecule has 1 aromatic heterocycles. The van der Waals surface area contributed by atoms with Crippen molar-refractivity contribution in [2.75, 3.05) is 55.9 Å². The van der Waals surface area contributed by atoms with Crippen molar-refractivity contribution in [3.63, 3.8) is 0 Å². The molecule has 0 unspecified atom stereocenters. The van der Waals surface area contributed by atoms with Gasteiger partial charge in [-0.15, -0.1) is 0 Å². The lowest BCUT2D eigenvalue weighted by molar-refractivity contribution is 0.0817. The summed E-state index contributed by atoms with van der Waals surface area (Å²) in [5, 5.41) is 6.83. The van der Waals surface area contributed by atoms with Crippen molar-refractivity contribution < 1.29 is 9.53 Å². The second kappa shape index (κ2) is 10.4. The third-order valence-corrected chi connectivity index (χ3v) is 7.23. The molecule has 2 aromatic carbocycles. The van der Waals surface area contributed by atoms with Crippen LogP contribution in [0.2, 0.25) is 5.02 Å². The van der Waals surface area contributed by atoms with Crippen LogP contribution in [-0.4, -0.2) is 72.1 Å². The number of aromatic nitrogens is 2. The predicted octanol–water partition coefficient (Wildman–Crippen LogP) is 4.74. The Bertz CT molecular complexity index is 1310. The number of carbonyl (C=O) groups excluding carboxylic acids is 1. The minimum Gasteiger partial charge on any atom is -0.494 e. The second-order valence-corrected chi connectivity index (χ2v) is 10.0. The van der Waals surface area contributed by atoms with Gasteiger partial charge in [-0.05, 0) is 37.6 Å². The van der Waals surface area contributed by atoms with E-state index < -0.39 is 0 Å². The average Bonchev–Trinajstić information content (AvgIpc) is 3.20. The number of fused-ring (bicyclic) bond motifs is 1. The van der Waals surface area contributed by atoms with Crippen LogP contribution >= 0.6 is 11.6 Å². The number of nitrogens with one attached hydrogen (secondary N) is 2. The summed E-state index contributed by atoms with van der Waals surface area (Å²) in [6.07, 6.45) is 1.53. The minimum atomic E-state index is -0.0305. The molecule has 9 nitrogen and oxygen atoms in total. The van der Waals surface area contributed by atoms with Crippen LogP contribution in [0, 0.1) is 0 Å². The zero-order valence-corrected chi connectivity index (χ0v) is 22.3. The van der Waals surface area contributed by atoms with Crippen molar-refractivity contribution >= 4 is 46.3 Å². The fourth-order valence-electron chi connectivity index (χ4n) is 4.85. The fourth-order valence-corrected chi connectivity index (χ4v) is 4.98. The Kier molecular flexibility index (Phi) is 7.08. The van der Waals surface area contributed by atoms with Gasteiger partial charge in [0.1, 0.15) is 10.8 Å². The number of amides is 1. The Morgan fingerprint density at radius 2 is 1.84 bits per heavy atom. The molecule has 1 saturated heterocycles. The van der Waals surface area contributed by atoms with Gasteiger partial charge in [0.25, 0.3) is 5.91 Å². The van der Waals surface area contributed by atoms with E-state index in [0.29, 0.717) is 46.4 Å². The van der Waals surface area contributed by atoms with Gasteiger partial charge in [-0.3, -0.25) is 9.69 Å². The number of carbonyl (C=O) groups is 1. The summed E-state index contributed by atoms with van der Waals surface area (Å²) in [5.41, 5.74) is 4.14. The molecule has 3 heterocycles. The quantitative estimate of drug-likeness (QED) is 0.461. The molecule has 3 aromatic rings. The van der Waals surface area contributed by atoms with Crippen molar-refractivity contribution in [2.45, 2.75) is 26.4 Å². The molecule has 2 aliphatic rings. The summed E-state index contributed by atoms with van der Waals surface area (Å²) in [7, 11) is 3.44. The van der Waals surface area contributed by atoms with Crippen molar-refractivity contribution in [1.82, 2.24) is 19.8 Å². The maximum atomic E-state index is 12.6. The van der Waals surface area contributed by atoms with Gasteiger partial charge in [-0.2, -0.15) is 4.98 Å². The Hall–Kier alpha value is -3.56. The van der Waals surface area contributed by atoms with Gasteiger partial charge in [0.05, 0.1) is 30.2 Å². The second-order valence-electron chi connectivity index (χ2n) is 9.64. The molecule has 37 heavy (non-hydrogen) atoms. The average molecular weight is 522 g/mol. The van der Waals surface area contributed by atoms with E-state index in [0.717, 1.165) is 43.1 Å². The zero-order chi connectivity index (χ0) is 26.1. The largest absolute Gasteiger partial charge is 0.494 e. The van der Waals surface area contributed by atoms with Gasteiger partial charge in [0, 0.05) is 57.6 Å². The SMILES string of the molecule is COc1cc(N2CCN(C(C)C)CC2)ccc1Nc1ncc(Cl)c(Nc2cccc3c2C(=O)N(C)C3)n1. The molecule has 0 spiro atoms. The molecule has 0 saturated carbocycles. The van der Waals surface area contributed by atoms with Crippen LogP contribution in [0.25, 0.3) is 0 Å². The Morgan fingerprint density at radius 3 is 2.57 bits per heavy atom. The van der Waals surface area contributed by atoms with E-state index in [1.165, 1.54) is 6.20 Å². The number of anilines is 5. The first kappa shape index (κ1) is 25.1. The van der Waals surface area contributed by atoms with Crippen LogP contribution in [-0.2, 0) is 6.54 Å². The molecular formula is C27H32ClN7O2. The molecule has 1 amide bonds. The number of hydrogen-bond donors (Lipinski definition) is 2. The van der Waals surface area contributed by atoms with Crippen LogP contribution in [0.5, 0.6) is 5.75 Å². The molecule has 0 aliphatic carbocycles. The standard InChI is InChI=1S/C27H32ClN7O2/c1-17(2)34-10-12-35(13-11-34)19-8-9-21(23(14-19)37-4)31-27-29-15-20(28)25(32-27)30-22-7-5-6-18-16-33(3)26(36)24(18)22/h5-9,14-15,17H,10-13,16H2,1-4H3,(H2,29,30,31,32). The first-order valence-corrected chi connectivity index (χ1v) is 12.8. The summed E-state index contributed by atoms with van der Waals surface area (Å²) < 4.78 is 5.69. The van der Waals surface area contributed by atoms with Crippen LogP contribution in [0.3, 0.4) is 0 Å². The van der Waals surface area contributed by atoms with Crippen molar-refractivity contribution in [3.8, 4) is 5.75 Å². The maximum Gasteiger partial charge on any atom is 0.256 e. The summed E-state index contributed by atoms with van der Waals surface area (Å²) >= 11 is 6.42. The normalized spacial score (nSPS) is 15.8. The molecule has 10 heteroatoms. The van der Waals surface area contributed by atoms with Crippen molar-refractivity contribution in [1.29, 1.82) is 0 Å². The van der Waals surface area contributed by atoms with Crippen molar-refractivity contribution in [3.05, 3.63) is 58.7 Å². The molecule has 0 atom stereocenters. The molecule has 194 valence electrons. The van der Waals surface area contributed by atoms with Crippen LogP contribution in [0.1, 0.15) is 29.8 Å². The number of halogens is 1. The molecular weight excluding hydrogens is 490 g/mol. The Balaban J connectivity index is 1.34. The maximum absolute atomic E-state index is 12.6. The van der Waals surface area contributed by atoms with Gasteiger partial charge < -0.3 is 25.2 Å². The first-order chi connectivity index (χ1) is 17.8. The number of benzene rings is 2. The molecule has 0 bridgehead atoms. The molecule has 2 aliphatic heterocycles. The van der Waals surface area contributed by atoms with E-state index in [1.54, 1.807) is 19.1 Å². The monoisotopic (exact) mass is 521 g/mol. The predicted molar refractivity (Wildman–Crippen MR) is 148 cm³/mol. The van der Waals surface area contributed by atoms with E-state index in [9.17, 15) is 4.79 Å². The van der Waals surface area contributed by atoms with Crippen molar-refractivity contribution in [2.24, 2.45) is 0 Å². The van der Waals surface area contributed by atoms with E-state index in [2.05, 4.69) is 50.3 Å². The van der Waals surface area contributed by atoms with Crippen LogP contribution in [0.15, 0.2) is 42.6 Å². The fraction of sp³-hybridized carbons (Fsp3) is 0.370. The van der Waals surface area contributed by atoms with E-state index in [1.807, 2.05) is 30.3 Å². The number of hydrogen-bond acceptors (Lipinski definition) is 8. The summed E-state index contributed by atoms with van der Waals surface area (Å²) in [6, 6.07) is 12.4. The molecule has 0 radical (unpaired) electrons. The number of piperazine rings is 1. The van der Waals surface area contributed by atoms with E-state index in [-0.39, 0.29) is 5.91 Å². The highest BCUT2D eigenvalue weighted by molar-refractivity contribution is 6.33. The van der Waals surface area contributed by atoms with Gasteiger partial charge in [-0.25, -0.2) is 4.98 Å². The third-order valence-electron chi connectivity index (χ3n) is 6.96.